The van der Waals surface area contributed by atoms with Gasteiger partial charge in [-0.25, -0.2) is 4.98 Å². The first-order valence-electron chi connectivity index (χ1n) is 7.11. The second kappa shape index (κ2) is 7.38. The molecule has 5 heteroatoms. The molecule has 0 fully saturated rings. The minimum Gasteiger partial charge on any atom is -0.352 e. The van der Waals surface area contributed by atoms with E-state index in [9.17, 15) is 0 Å². The van der Waals surface area contributed by atoms with E-state index in [0.29, 0.717) is 0 Å². The van der Waals surface area contributed by atoms with Gasteiger partial charge in [-0.3, -0.25) is 4.98 Å². The van der Waals surface area contributed by atoms with Gasteiger partial charge in [0.05, 0.1) is 24.1 Å². The molecule has 0 radical (unpaired) electrons. The summed E-state index contributed by atoms with van der Waals surface area (Å²) in [7, 11) is 2.02. The van der Waals surface area contributed by atoms with Crippen LogP contribution in [0, 0.1) is 0 Å². The molecule has 1 aromatic heterocycles. The lowest BCUT2D eigenvalue weighted by molar-refractivity contribution is 0.698. The molecule has 1 atom stereocenters. The molecule has 4 nitrogen and oxygen atoms in total. The van der Waals surface area contributed by atoms with Gasteiger partial charge < -0.3 is 10.2 Å². The van der Waals surface area contributed by atoms with Crippen LogP contribution < -0.4 is 10.2 Å². The van der Waals surface area contributed by atoms with E-state index in [-0.39, 0.29) is 6.04 Å². The molecular weight excluding hydrogens is 284 g/mol. The molecular formula is C16H21ClN4. The third-order valence-electron chi connectivity index (χ3n) is 3.54. The van der Waals surface area contributed by atoms with E-state index < -0.39 is 0 Å². The number of hydrogen-bond donors (Lipinski definition) is 1. The smallest absolute Gasteiger partial charge is 0.147 e. The summed E-state index contributed by atoms with van der Waals surface area (Å²) in [5.74, 6) is 0.859. The minimum atomic E-state index is 0.205. The van der Waals surface area contributed by atoms with Crippen molar-refractivity contribution in [2.45, 2.75) is 26.4 Å². The van der Waals surface area contributed by atoms with Crippen LogP contribution in [0.4, 0.5) is 5.82 Å². The summed E-state index contributed by atoms with van der Waals surface area (Å²) >= 11 is 5.93. The van der Waals surface area contributed by atoms with Crippen molar-refractivity contribution in [1.82, 2.24) is 15.3 Å². The van der Waals surface area contributed by atoms with Crippen LogP contribution in [0.25, 0.3) is 0 Å². The highest BCUT2D eigenvalue weighted by atomic mass is 35.5. The van der Waals surface area contributed by atoms with E-state index in [4.69, 9.17) is 11.6 Å². The highest BCUT2D eigenvalue weighted by Gasteiger charge is 2.13. The molecule has 21 heavy (non-hydrogen) atoms. The van der Waals surface area contributed by atoms with E-state index >= 15 is 0 Å². The molecule has 0 saturated carbocycles. The molecule has 1 unspecified atom stereocenters. The monoisotopic (exact) mass is 304 g/mol. The molecule has 2 rings (SSSR count). The molecule has 0 bridgehead atoms. The van der Waals surface area contributed by atoms with Crippen molar-refractivity contribution in [3.8, 4) is 0 Å². The van der Waals surface area contributed by atoms with E-state index in [1.165, 1.54) is 5.56 Å². The van der Waals surface area contributed by atoms with Crippen LogP contribution in [0.5, 0.6) is 0 Å². The Labute approximate surface area is 131 Å². The third-order valence-corrected chi connectivity index (χ3v) is 3.79. The zero-order valence-electron chi connectivity index (χ0n) is 12.7. The molecule has 1 aromatic carbocycles. The Morgan fingerprint density at radius 2 is 1.90 bits per heavy atom. The Hall–Kier alpha value is -1.65. The number of aromatic nitrogens is 2. The topological polar surface area (TPSA) is 41.1 Å². The van der Waals surface area contributed by atoms with Gasteiger partial charge in [-0.2, -0.15) is 0 Å². The number of nitrogens with one attached hydrogen (secondary N) is 1. The lowest BCUT2D eigenvalue weighted by Gasteiger charge is -2.26. The SMILES string of the molecule is CCNCc1cnc(N(C)C(C)c2ccc(Cl)cc2)cn1. The van der Waals surface area contributed by atoms with Gasteiger partial charge >= 0.3 is 0 Å². The standard InChI is InChI=1S/C16H21ClN4/c1-4-18-9-15-10-20-16(11-19-15)21(3)12(2)13-5-7-14(17)8-6-13/h5-8,10-12,18H,4,9H2,1-3H3. The van der Waals surface area contributed by atoms with E-state index in [0.717, 1.165) is 29.6 Å². The molecule has 112 valence electrons. The fraction of sp³-hybridized carbons (Fsp3) is 0.375. The van der Waals surface area contributed by atoms with Gasteiger partial charge in [0, 0.05) is 18.6 Å². The summed E-state index contributed by atoms with van der Waals surface area (Å²) in [4.78, 5) is 11.0. The van der Waals surface area contributed by atoms with Crippen molar-refractivity contribution in [3.63, 3.8) is 0 Å². The first-order chi connectivity index (χ1) is 10.1. The summed E-state index contributed by atoms with van der Waals surface area (Å²) in [6.07, 6.45) is 3.64. The number of anilines is 1. The van der Waals surface area contributed by atoms with Crippen LogP contribution in [0.1, 0.15) is 31.1 Å². The fourth-order valence-electron chi connectivity index (χ4n) is 2.04. The Kier molecular flexibility index (Phi) is 5.53. The van der Waals surface area contributed by atoms with Gasteiger partial charge in [-0.05, 0) is 31.2 Å². The third kappa shape index (κ3) is 4.16. The molecule has 0 aliphatic rings. The number of rotatable bonds is 6. The summed E-state index contributed by atoms with van der Waals surface area (Å²) in [5, 5.41) is 3.99. The molecule has 1 heterocycles. The van der Waals surface area contributed by atoms with Gasteiger partial charge in [0.25, 0.3) is 0 Å². The number of halogens is 1. The first-order valence-corrected chi connectivity index (χ1v) is 7.49. The zero-order valence-corrected chi connectivity index (χ0v) is 13.4. The average molecular weight is 305 g/mol. The quantitative estimate of drug-likeness (QED) is 0.887. The average Bonchev–Trinajstić information content (AvgIpc) is 2.53. The number of hydrogen-bond acceptors (Lipinski definition) is 4. The van der Waals surface area contributed by atoms with Crippen molar-refractivity contribution in [3.05, 3.63) is 52.9 Å². The van der Waals surface area contributed by atoms with E-state index in [2.05, 4.69) is 34.0 Å². The van der Waals surface area contributed by atoms with Crippen LogP contribution in [-0.4, -0.2) is 23.6 Å². The van der Waals surface area contributed by atoms with Crippen molar-refractivity contribution in [2.24, 2.45) is 0 Å². The van der Waals surface area contributed by atoms with Gasteiger partial charge in [0.2, 0.25) is 0 Å². The van der Waals surface area contributed by atoms with Gasteiger partial charge in [0.15, 0.2) is 0 Å². The predicted octanol–water partition coefficient (Wildman–Crippen LogP) is 3.44. The largest absolute Gasteiger partial charge is 0.352 e. The lowest BCUT2D eigenvalue weighted by Crippen LogP contribution is -2.23. The Bertz CT molecular complexity index is 553. The Morgan fingerprint density at radius 1 is 1.19 bits per heavy atom. The van der Waals surface area contributed by atoms with E-state index in [1.54, 1.807) is 0 Å². The molecule has 0 saturated heterocycles. The number of benzene rings is 1. The normalized spacial score (nSPS) is 12.2. The van der Waals surface area contributed by atoms with Crippen molar-refractivity contribution in [1.29, 1.82) is 0 Å². The van der Waals surface area contributed by atoms with Gasteiger partial charge in [0.1, 0.15) is 5.82 Å². The summed E-state index contributed by atoms with van der Waals surface area (Å²) < 4.78 is 0. The molecule has 2 aromatic rings. The van der Waals surface area contributed by atoms with Crippen molar-refractivity contribution >= 4 is 17.4 Å². The maximum Gasteiger partial charge on any atom is 0.147 e. The fourth-order valence-corrected chi connectivity index (χ4v) is 2.16. The van der Waals surface area contributed by atoms with Crippen LogP contribution in [-0.2, 0) is 6.54 Å². The van der Waals surface area contributed by atoms with Crippen LogP contribution in [0.15, 0.2) is 36.7 Å². The number of nitrogens with zero attached hydrogens (tertiary/aromatic N) is 3. The van der Waals surface area contributed by atoms with E-state index in [1.807, 2.05) is 43.7 Å². The lowest BCUT2D eigenvalue weighted by atomic mass is 10.1. The second-order valence-electron chi connectivity index (χ2n) is 4.98. The summed E-state index contributed by atoms with van der Waals surface area (Å²) in [6.45, 7) is 5.89. The van der Waals surface area contributed by atoms with Gasteiger partial charge in [-0.1, -0.05) is 30.7 Å². The Morgan fingerprint density at radius 3 is 2.48 bits per heavy atom. The van der Waals surface area contributed by atoms with Crippen molar-refractivity contribution < 1.29 is 0 Å². The second-order valence-corrected chi connectivity index (χ2v) is 5.42. The van der Waals surface area contributed by atoms with Crippen LogP contribution in [0.3, 0.4) is 0 Å². The zero-order chi connectivity index (χ0) is 15.2. The highest BCUT2D eigenvalue weighted by Crippen LogP contribution is 2.24. The Balaban J connectivity index is 2.08. The van der Waals surface area contributed by atoms with Crippen LogP contribution in [0.2, 0.25) is 5.02 Å². The van der Waals surface area contributed by atoms with Crippen molar-refractivity contribution in [2.75, 3.05) is 18.5 Å². The highest BCUT2D eigenvalue weighted by molar-refractivity contribution is 6.30. The molecule has 0 spiro atoms. The summed E-state index contributed by atoms with van der Waals surface area (Å²) in [6, 6.07) is 8.10. The minimum absolute atomic E-state index is 0.205. The molecule has 0 amide bonds. The first kappa shape index (κ1) is 15.7. The summed E-state index contributed by atoms with van der Waals surface area (Å²) in [5.41, 5.74) is 2.15. The van der Waals surface area contributed by atoms with Crippen LogP contribution >= 0.6 is 11.6 Å². The maximum absolute atomic E-state index is 5.93. The predicted molar refractivity (Wildman–Crippen MR) is 87.7 cm³/mol. The van der Waals surface area contributed by atoms with Gasteiger partial charge in [-0.15, -0.1) is 0 Å². The molecule has 0 aliphatic carbocycles. The molecule has 0 aliphatic heterocycles. The maximum atomic E-state index is 5.93. The molecule has 1 N–H and O–H groups in total.